The minimum absolute atomic E-state index is 0.102. The number of sulfonamides is 1. The Bertz CT molecular complexity index is 959. The standard InChI is InChI=1S/C17H16F4N2O3S2/c18-12-6-5-11(13(9-12)17(19,20)21)10-22-16(24)14-3-1-7-23(14)28(25,26)15-4-2-8-27-15/h2,4-6,8-9,14H,1,3,7,10H2,(H,22,24). The number of benzene rings is 1. The van der Waals surface area contributed by atoms with E-state index in [1.54, 1.807) is 11.4 Å². The van der Waals surface area contributed by atoms with Crippen molar-refractivity contribution in [3.63, 3.8) is 0 Å². The SMILES string of the molecule is O=C(NCc1ccc(F)cc1C(F)(F)F)C1CCCN1S(=O)(=O)c1cccs1. The predicted molar refractivity (Wildman–Crippen MR) is 94.5 cm³/mol. The number of alkyl halides is 3. The molecule has 0 bridgehead atoms. The van der Waals surface area contributed by atoms with Gasteiger partial charge in [-0.05, 0) is 42.0 Å². The van der Waals surface area contributed by atoms with Crippen LogP contribution in [0.4, 0.5) is 17.6 Å². The maximum Gasteiger partial charge on any atom is 0.416 e. The normalized spacial score (nSPS) is 18.4. The molecule has 1 N–H and O–H groups in total. The second-order valence-electron chi connectivity index (χ2n) is 6.22. The summed E-state index contributed by atoms with van der Waals surface area (Å²) in [6.45, 7) is -0.333. The molecule has 2 aromatic rings. The Balaban J connectivity index is 1.75. The van der Waals surface area contributed by atoms with E-state index in [4.69, 9.17) is 0 Å². The molecule has 1 aliphatic heterocycles. The van der Waals surface area contributed by atoms with Crippen LogP contribution in [-0.2, 0) is 27.5 Å². The lowest BCUT2D eigenvalue weighted by atomic mass is 10.1. The molecule has 0 aliphatic carbocycles. The number of nitrogens with one attached hydrogen (secondary N) is 1. The molecule has 2 heterocycles. The van der Waals surface area contributed by atoms with Gasteiger partial charge in [-0.15, -0.1) is 11.3 Å². The van der Waals surface area contributed by atoms with E-state index in [9.17, 15) is 30.8 Å². The van der Waals surface area contributed by atoms with Gasteiger partial charge in [0.2, 0.25) is 5.91 Å². The fourth-order valence-corrected chi connectivity index (χ4v) is 5.86. The molecule has 0 spiro atoms. The quantitative estimate of drug-likeness (QED) is 0.731. The summed E-state index contributed by atoms with van der Waals surface area (Å²) in [4.78, 5) is 12.5. The van der Waals surface area contributed by atoms with E-state index >= 15 is 0 Å². The van der Waals surface area contributed by atoms with Gasteiger partial charge in [-0.3, -0.25) is 4.79 Å². The molecule has 28 heavy (non-hydrogen) atoms. The molecular formula is C17H16F4N2O3S2. The van der Waals surface area contributed by atoms with Crippen molar-refractivity contribution in [2.75, 3.05) is 6.54 Å². The molecule has 11 heteroatoms. The number of hydrogen-bond donors (Lipinski definition) is 1. The van der Waals surface area contributed by atoms with Crippen molar-refractivity contribution in [2.45, 2.75) is 35.8 Å². The van der Waals surface area contributed by atoms with Crippen molar-refractivity contribution in [1.29, 1.82) is 0 Å². The number of carbonyl (C=O) groups is 1. The molecule has 3 rings (SSSR count). The first kappa shape index (κ1) is 20.7. The minimum Gasteiger partial charge on any atom is -0.351 e. The molecule has 1 unspecified atom stereocenters. The van der Waals surface area contributed by atoms with Crippen molar-refractivity contribution in [3.05, 3.63) is 52.7 Å². The summed E-state index contributed by atoms with van der Waals surface area (Å²) in [6.07, 6.45) is -4.04. The topological polar surface area (TPSA) is 66.5 Å². The Morgan fingerprint density at radius 2 is 2.04 bits per heavy atom. The van der Waals surface area contributed by atoms with E-state index in [2.05, 4.69) is 5.32 Å². The molecule has 1 aliphatic rings. The van der Waals surface area contributed by atoms with Gasteiger partial charge in [0.1, 0.15) is 16.1 Å². The van der Waals surface area contributed by atoms with Gasteiger partial charge in [0.15, 0.2) is 0 Å². The van der Waals surface area contributed by atoms with Crippen LogP contribution in [0, 0.1) is 5.82 Å². The summed E-state index contributed by atoms with van der Waals surface area (Å²) in [7, 11) is -3.85. The van der Waals surface area contributed by atoms with Crippen LogP contribution in [0.15, 0.2) is 39.9 Å². The van der Waals surface area contributed by atoms with Gasteiger partial charge in [-0.2, -0.15) is 17.5 Å². The maximum absolute atomic E-state index is 13.2. The highest BCUT2D eigenvalue weighted by Gasteiger charge is 2.40. The van der Waals surface area contributed by atoms with Gasteiger partial charge in [-0.1, -0.05) is 12.1 Å². The lowest BCUT2D eigenvalue weighted by Gasteiger charge is -2.23. The second kappa shape index (κ2) is 7.80. The van der Waals surface area contributed by atoms with E-state index in [0.29, 0.717) is 12.5 Å². The molecule has 1 aromatic carbocycles. The largest absolute Gasteiger partial charge is 0.416 e. The Hall–Kier alpha value is -1.98. The Morgan fingerprint density at radius 3 is 2.68 bits per heavy atom. The average Bonchev–Trinajstić information content (AvgIpc) is 3.31. The lowest BCUT2D eigenvalue weighted by molar-refractivity contribution is -0.138. The second-order valence-corrected chi connectivity index (χ2v) is 9.29. The van der Waals surface area contributed by atoms with Crippen LogP contribution in [0.2, 0.25) is 0 Å². The molecular weight excluding hydrogens is 420 g/mol. The highest BCUT2D eigenvalue weighted by atomic mass is 32.2. The third-order valence-corrected chi connectivity index (χ3v) is 7.68. The lowest BCUT2D eigenvalue weighted by Crippen LogP contribution is -2.45. The maximum atomic E-state index is 13.2. The summed E-state index contributed by atoms with van der Waals surface area (Å²) in [5, 5.41) is 3.96. The van der Waals surface area contributed by atoms with Gasteiger partial charge in [0.25, 0.3) is 10.0 Å². The molecule has 1 fully saturated rings. The molecule has 152 valence electrons. The molecule has 0 radical (unpaired) electrons. The molecule has 1 atom stereocenters. The summed E-state index contributed by atoms with van der Waals surface area (Å²) in [6, 6.07) is 4.21. The smallest absolute Gasteiger partial charge is 0.351 e. The summed E-state index contributed by atoms with van der Waals surface area (Å²) < 4.78 is 78.9. The van der Waals surface area contributed by atoms with Crippen LogP contribution in [0.1, 0.15) is 24.0 Å². The molecule has 0 saturated carbocycles. The Kier molecular flexibility index (Phi) is 5.78. The molecule has 1 saturated heterocycles. The molecule has 1 aromatic heterocycles. The third kappa shape index (κ3) is 4.20. The third-order valence-electron chi connectivity index (χ3n) is 4.39. The van der Waals surface area contributed by atoms with Gasteiger partial charge >= 0.3 is 6.18 Å². The van der Waals surface area contributed by atoms with Crippen molar-refractivity contribution in [1.82, 2.24) is 9.62 Å². The summed E-state index contributed by atoms with van der Waals surface area (Å²) in [5.41, 5.74) is -1.48. The summed E-state index contributed by atoms with van der Waals surface area (Å²) >= 11 is 1.02. The fraction of sp³-hybridized carbons (Fsp3) is 0.353. The average molecular weight is 436 g/mol. The molecule has 5 nitrogen and oxygen atoms in total. The van der Waals surface area contributed by atoms with Crippen molar-refractivity contribution in [3.8, 4) is 0 Å². The summed E-state index contributed by atoms with van der Waals surface area (Å²) in [5.74, 6) is -1.72. The molecule has 1 amide bonds. The van der Waals surface area contributed by atoms with E-state index in [1.807, 2.05) is 0 Å². The monoisotopic (exact) mass is 436 g/mol. The van der Waals surface area contributed by atoms with Gasteiger partial charge in [0, 0.05) is 13.1 Å². The van der Waals surface area contributed by atoms with Crippen LogP contribution < -0.4 is 5.32 Å². The van der Waals surface area contributed by atoms with Gasteiger partial charge < -0.3 is 5.32 Å². The van der Waals surface area contributed by atoms with E-state index in [-0.39, 0.29) is 22.7 Å². The first-order chi connectivity index (χ1) is 13.1. The Morgan fingerprint density at radius 1 is 1.29 bits per heavy atom. The number of amides is 1. The Labute approximate surface area is 163 Å². The first-order valence-corrected chi connectivity index (χ1v) is 10.6. The first-order valence-electron chi connectivity index (χ1n) is 8.29. The van der Waals surface area contributed by atoms with Crippen molar-refractivity contribution >= 4 is 27.3 Å². The zero-order chi connectivity index (χ0) is 20.5. The number of hydrogen-bond acceptors (Lipinski definition) is 4. The number of halogens is 4. The van der Waals surface area contributed by atoms with Crippen LogP contribution in [0.3, 0.4) is 0 Å². The number of rotatable bonds is 5. The van der Waals surface area contributed by atoms with Crippen molar-refractivity contribution < 1.29 is 30.8 Å². The number of carbonyl (C=O) groups excluding carboxylic acids is 1. The van der Waals surface area contributed by atoms with E-state index in [1.165, 1.54) is 6.07 Å². The number of thiophene rings is 1. The van der Waals surface area contributed by atoms with Crippen molar-refractivity contribution in [2.24, 2.45) is 0 Å². The van der Waals surface area contributed by atoms with E-state index < -0.39 is 46.1 Å². The van der Waals surface area contributed by atoms with Crippen LogP contribution >= 0.6 is 11.3 Å². The fourth-order valence-electron chi connectivity index (χ4n) is 3.08. The zero-order valence-corrected chi connectivity index (χ0v) is 16.0. The predicted octanol–water partition coefficient (Wildman–Crippen LogP) is 3.38. The zero-order valence-electron chi connectivity index (χ0n) is 14.4. The van der Waals surface area contributed by atoms with E-state index in [0.717, 1.165) is 27.8 Å². The highest BCUT2D eigenvalue weighted by molar-refractivity contribution is 7.91. The van der Waals surface area contributed by atoms with Crippen LogP contribution in [0.5, 0.6) is 0 Å². The minimum atomic E-state index is -4.77. The number of nitrogens with zero attached hydrogens (tertiary/aromatic N) is 1. The van der Waals surface area contributed by atoms with Crippen LogP contribution in [0.25, 0.3) is 0 Å². The van der Waals surface area contributed by atoms with Gasteiger partial charge in [0.05, 0.1) is 5.56 Å². The highest BCUT2D eigenvalue weighted by Crippen LogP contribution is 2.33. The van der Waals surface area contributed by atoms with Gasteiger partial charge in [-0.25, -0.2) is 12.8 Å². The van der Waals surface area contributed by atoms with Crippen LogP contribution in [-0.4, -0.2) is 31.2 Å².